The van der Waals surface area contributed by atoms with Crippen LogP contribution in [0.4, 0.5) is 5.82 Å². The summed E-state index contributed by atoms with van der Waals surface area (Å²) in [6.45, 7) is 7.36. The van der Waals surface area contributed by atoms with Gasteiger partial charge < -0.3 is 14.4 Å². The lowest BCUT2D eigenvalue weighted by molar-refractivity contribution is 0.0335. The van der Waals surface area contributed by atoms with Crippen molar-refractivity contribution < 1.29 is 9.47 Å². The van der Waals surface area contributed by atoms with E-state index >= 15 is 0 Å². The first-order chi connectivity index (χ1) is 12.7. The second-order valence-corrected chi connectivity index (χ2v) is 7.41. The summed E-state index contributed by atoms with van der Waals surface area (Å²) in [5.74, 6) is 1.55. The fraction of sp³-hybridized carbons (Fsp3) is 0.562. The number of tetrazole rings is 1. The summed E-state index contributed by atoms with van der Waals surface area (Å²) in [5, 5.41) is 13.8. The molecule has 1 atom stereocenters. The van der Waals surface area contributed by atoms with Gasteiger partial charge in [0.1, 0.15) is 23.1 Å². The van der Waals surface area contributed by atoms with E-state index < -0.39 is 0 Å². The molecule has 9 nitrogen and oxygen atoms in total. The topological polar surface area (TPSA) is 91.1 Å². The monoisotopic (exact) mass is 375 g/mol. The average Bonchev–Trinajstić information content (AvgIpc) is 3.25. The van der Waals surface area contributed by atoms with Crippen LogP contribution in [-0.2, 0) is 16.0 Å². The maximum Gasteiger partial charge on any atom is 0.205 e. The third kappa shape index (κ3) is 3.15. The van der Waals surface area contributed by atoms with Crippen molar-refractivity contribution in [3.63, 3.8) is 0 Å². The van der Waals surface area contributed by atoms with Gasteiger partial charge >= 0.3 is 0 Å². The Balaban J connectivity index is 1.58. The number of hydrogen-bond donors (Lipinski definition) is 0. The lowest BCUT2D eigenvalue weighted by Gasteiger charge is -2.32. The number of methoxy groups -OCH3 is 1. The Morgan fingerprint density at radius 2 is 2.23 bits per heavy atom. The third-order valence-electron chi connectivity index (χ3n) is 4.56. The largest absolute Gasteiger partial charge is 0.383 e. The van der Waals surface area contributed by atoms with Crippen LogP contribution in [0.2, 0.25) is 0 Å². The van der Waals surface area contributed by atoms with Crippen molar-refractivity contribution in [2.75, 3.05) is 38.3 Å². The van der Waals surface area contributed by atoms with E-state index in [0.717, 1.165) is 22.6 Å². The zero-order valence-electron chi connectivity index (χ0n) is 15.0. The standard InChI is InChI=1S/C16H21N7O2S/c1-10-11(2)26-16-13(10)15(17-9-18-16)22-4-7-25-12(8-22)14-19-21-23(20-14)5-6-24-3/h9,12H,4-8H2,1-3H3/t12-/m0/s1. The molecule has 0 amide bonds. The van der Waals surface area contributed by atoms with Crippen LogP contribution in [-0.4, -0.2) is 63.6 Å². The number of hydrogen-bond acceptors (Lipinski definition) is 9. The van der Waals surface area contributed by atoms with Crippen LogP contribution in [0.25, 0.3) is 10.2 Å². The van der Waals surface area contributed by atoms with E-state index in [2.05, 4.69) is 44.1 Å². The minimum atomic E-state index is -0.231. The highest BCUT2D eigenvalue weighted by atomic mass is 32.1. The SMILES string of the molecule is COCCn1nnc([C@@H]2CN(c3ncnc4sc(C)c(C)c34)CCO2)n1. The van der Waals surface area contributed by atoms with Gasteiger partial charge in [0.2, 0.25) is 5.82 Å². The quantitative estimate of drug-likeness (QED) is 0.663. The molecule has 1 aliphatic heterocycles. The summed E-state index contributed by atoms with van der Waals surface area (Å²) in [7, 11) is 1.65. The van der Waals surface area contributed by atoms with Crippen molar-refractivity contribution >= 4 is 27.4 Å². The molecule has 0 N–H and O–H groups in total. The summed E-state index contributed by atoms with van der Waals surface area (Å²) < 4.78 is 10.9. The molecule has 0 bridgehead atoms. The van der Waals surface area contributed by atoms with Crippen molar-refractivity contribution in [1.29, 1.82) is 0 Å². The number of anilines is 1. The average molecular weight is 375 g/mol. The Hall–Kier alpha value is -2.17. The summed E-state index contributed by atoms with van der Waals surface area (Å²) in [6.07, 6.45) is 1.40. The van der Waals surface area contributed by atoms with Gasteiger partial charge in [-0.2, -0.15) is 4.80 Å². The van der Waals surface area contributed by atoms with E-state index in [1.807, 2.05) is 0 Å². The first-order valence-electron chi connectivity index (χ1n) is 8.51. The molecule has 0 spiro atoms. The molecular formula is C16H21N7O2S. The number of nitrogens with zero attached hydrogens (tertiary/aromatic N) is 7. The summed E-state index contributed by atoms with van der Waals surface area (Å²) in [5.41, 5.74) is 1.24. The zero-order chi connectivity index (χ0) is 18.1. The molecule has 0 saturated carbocycles. The van der Waals surface area contributed by atoms with Gasteiger partial charge in [0, 0.05) is 18.5 Å². The Morgan fingerprint density at radius 3 is 3.08 bits per heavy atom. The molecule has 10 heteroatoms. The summed E-state index contributed by atoms with van der Waals surface area (Å²) >= 11 is 1.71. The normalized spacial score (nSPS) is 18.0. The third-order valence-corrected chi connectivity index (χ3v) is 5.68. The van der Waals surface area contributed by atoms with Crippen molar-refractivity contribution in [2.45, 2.75) is 26.5 Å². The molecule has 1 fully saturated rings. The van der Waals surface area contributed by atoms with Crippen molar-refractivity contribution in [2.24, 2.45) is 0 Å². The van der Waals surface area contributed by atoms with Gasteiger partial charge in [-0.3, -0.25) is 0 Å². The van der Waals surface area contributed by atoms with Crippen LogP contribution in [0.3, 0.4) is 0 Å². The van der Waals surface area contributed by atoms with Gasteiger partial charge in [0.25, 0.3) is 0 Å². The number of ether oxygens (including phenoxy) is 2. The minimum Gasteiger partial charge on any atom is -0.383 e. The van der Waals surface area contributed by atoms with Crippen LogP contribution >= 0.6 is 11.3 Å². The fourth-order valence-corrected chi connectivity index (χ4v) is 4.05. The fourth-order valence-electron chi connectivity index (χ4n) is 3.05. The van der Waals surface area contributed by atoms with Crippen molar-refractivity contribution in [1.82, 2.24) is 30.2 Å². The van der Waals surface area contributed by atoms with E-state index in [0.29, 0.717) is 32.1 Å². The molecule has 1 aliphatic rings. The van der Waals surface area contributed by atoms with Crippen LogP contribution in [0, 0.1) is 13.8 Å². The molecule has 0 radical (unpaired) electrons. The lowest BCUT2D eigenvalue weighted by Crippen LogP contribution is -2.39. The second kappa shape index (κ2) is 7.22. The Morgan fingerprint density at radius 1 is 1.35 bits per heavy atom. The van der Waals surface area contributed by atoms with Crippen LogP contribution < -0.4 is 4.90 Å². The molecular weight excluding hydrogens is 354 g/mol. The number of morpholine rings is 1. The van der Waals surface area contributed by atoms with Gasteiger partial charge in [0.15, 0.2) is 0 Å². The van der Waals surface area contributed by atoms with E-state index in [-0.39, 0.29) is 6.10 Å². The molecule has 0 aliphatic carbocycles. The van der Waals surface area contributed by atoms with Crippen molar-refractivity contribution in [3.05, 3.63) is 22.6 Å². The molecule has 4 rings (SSSR count). The first-order valence-corrected chi connectivity index (χ1v) is 9.33. The number of rotatable bonds is 5. The smallest absolute Gasteiger partial charge is 0.205 e. The van der Waals surface area contributed by atoms with E-state index in [9.17, 15) is 0 Å². The maximum atomic E-state index is 5.89. The predicted octanol–water partition coefficient (Wildman–Crippen LogP) is 1.52. The van der Waals surface area contributed by atoms with E-state index in [4.69, 9.17) is 9.47 Å². The van der Waals surface area contributed by atoms with Gasteiger partial charge in [-0.15, -0.1) is 21.5 Å². The van der Waals surface area contributed by atoms with Crippen molar-refractivity contribution in [3.8, 4) is 0 Å². The van der Waals surface area contributed by atoms with E-state index in [1.165, 1.54) is 15.2 Å². The second-order valence-electron chi connectivity index (χ2n) is 6.20. The van der Waals surface area contributed by atoms with Gasteiger partial charge in [-0.1, -0.05) is 0 Å². The van der Waals surface area contributed by atoms with Crippen LogP contribution in [0.15, 0.2) is 6.33 Å². The summed E-state index contributed by atoms with van der Waals surface area (Å²) in [4.78, 5) is 15.1. The number of thiophene rings is 1. The molecule has 138 valence electrons. The van der Waals surface area contributed by atoms with E-state index in [1.54, 1.807) is 24.8 Å². The molecule has 0 aromatic carbocycles. The maximum absolute atomic E-state index is 5.89. The highest BCUT2D eigenvalue weighted by Crippen LogP contribution is 2.35. The number of aromatic nitrogens is 6. The highest BCUT2D eigenvalue weighted by molar-refractivity contribution is 7.18. The molecule has 1 saturated heterocycles. The Labute approximate surface area is 154 Å². The molecule has 26 heavy (non-hydrogen) atoms. The number of fused-ring (bicyclic) bond motifs is 1. The zero-order valence-corrected chi connectivity index (χ0v) is 15.9. The van der Waals surface area contributed by atoms with Crippen LogP contribution in [0.5, 0.6) is 0 Å². The Bertz CT molecular complexity index is 909. The Kier molecular flexibility index (Phi) is 4.79. The molecule has 4 heterocycles. The number of aryl methyl sites for hydroxylation is 2. The lowest BCUT2D eigenvalue weighted by atomic mass is 10.2. The first kappa shape index (κ1) is 17.3. The van der Waals surface area contributed by atoms with Gasteiger partial charge in [-0.25, -0.2) is 9.97 Å². The van der Waals surface area contributed by atoms with Gasteiger partial charge in [-0.05, 0) is 24.6 Å². The molecule has 3 aromatic rings. The minimum absolute atomic E-state index is 0.231. The molecule has 0 unspecified atom stereocenters. The molecule has 3 aromatic heterocycles. The summed E-state index contributed by atoms with van der Waals surface area (Å²) in [6, 6.07) is 0. The predicted molar refractivity (Wildman–Crippen MR) is 97.5 cm³/mol. The highest BCUT2D eigenvalue weighted by Gasteiger charge is 2.28. The van der Waals surface area contributed by atoms with Gasteiger partial charge in [0.05, 0.1) is 31.7 Å². The van der Waals surface area contributed by atoms with Crippen LogP contribution in [0.1, 0.15) is 22.4 Å².